The third-order valence-corrected chi connectivity index (χ3v) is 6.06. The SMILES string of the molecule is CCOC(=O)C1CCN(C(=O)CN(C)C(=O)c2nnn(-c3ccccc3)c2C2CC2)CC1. The van der Waals surface area contributed by atoms with E-state index in [1.165, 1.54) is 4.90 Å². The summed E-state index contributed by atoms with van der Waals surface area (Å²) >= 11 is 0. The lowest BCUT2D eigenvalue weighted by molar-refractivity contribution is -0.151. The average molecular weight is 440 g/mol. The van der Waals surface area contributed by atoms with E-state index >= 15 is 0 Å². The van der Waals surface area contributed by atoms with E-state index in [9.17, 15) is 14.4 Å². The topological polar surface area (TPSA) is 97.6 Å². The lowest BCUT2D eigenvalue weighted by Gasteiger charge is -2.32. The van der Waals surface area contributed by atoms with Crippen molar-refractivity contribution in [2.75, 3.05) is 33.3 Å². The predicted molar refractivity (Wildman–Crippen MR) is 116 cm³/mol. The molecule has 0 radical (unpaired) electrons. The van der Waals surface area contributed by atoms with Crippen molar-refractivity contribution < 1.29 is 19.1 Å². The molecule has 0 N–H and O–H groups in total. The highest BCUT2D eigenvalue weighted by Gasteiger charge is 2.36. The molecule has 1 aliphatic carbocycles. The molecule has 1 aromatic carbocycles. The summed E-state index contributed by atoms with van der Waals surface area (Å²) in [5.74, 6) is -0.529. The quantitative estimate of drug-likeness (QED) is 0.612. The van der Waals surface area contributed by atoms with Gasteiger partial charge in [-0.15, -0.1) is 5.10 Å². The number of hydrogen-bond donors (Lipinski definition) is 0. The van der Waals surface area contributed by atoms with Crippen LogP contribution in [0, 0.1) is 5.92 Å². The molecule has 170 valence electrons. The molecular formula is C23H29N5O4. The molecule has 2 fully saturated rings. The molecule has 0 unspecified atom stereocenters. The Labute approximate surface area is 187 Å². The number of rotatable bonds is 7. The minimum Gasteiger partial charge on any atom is -0.466 e. The van der Waals surface area contributed by atoms with Gasteiger partial charge in [0.15, 0.2) is 5.69 Å². The molecule has 2 amide bonds. The van der Waals surface area contributed by atoms with Crippen molar-refractivity contribution in [2.45, 2.75) is 38.5 Å². The van der Waals surface area contributed by atoms with E-state index < -0.39 is 0 Å². The van der Waals surface area contributed by atoms with Gasteiger partial charge in [0.05, 0.1) is 30.5 Å². The van der Waals surface area contributed by atoms with Gasteiger partial charge in [-0.05, 0) is 44.7 Å². The molecule has 2 heterocycles. The molecule has 1 aliphatic heterocycles. The number of carbonyl (C=O) groups is 3. The molecule has 0 atom stereocenters. The molecule has 4 rings (SSSR count). The fourth-order valence-electron chi connectivity index (χ4n) is 4.10. The number of benzene rings is 1. The number of likely N-dealkylation sites (tertiary alicyclic amines) is 1. The average Bonchev–Trinajstić information content (AvgIpc) is 3.57. The Hall–Kier alpha value is -3.23. The van der Waals surface area contributed by atoms with Gasteiger partial charge >= 0.3 is 5.97 Å². The van der Waals surface area contributed by atoms with E-state index in [2.05, 4.69) is 10.3 Å². The second kappa shape index (κ2) is 9.50. The number of ether oxygens (including phenoxy) is 1. The van der Waals surface area contributed by atoms with Crippen molar-refractivity contribution >= 4 is 17.8 Å². The van der Waals surface area contributed by atoms with Gasteiger partial charge in [-0.2, -0.15) is 0 Å². The van der Waals surface area contributed by atoms with Gasteiger partial charge in [-0.1, -0.05) is 23.4 Å². The molecule has 1 saturated heterocycles. The Morgan fingerprint density at radius 3 is 2.41 bits per heavy atom. The van der Waals surface area contributed by atoms with Gasteiger partial charge in [0.1, 0.15) is 0 Å². The highest BCUT2D eigenvalue weighted by atomic mass is 16.5. The normalized spacial score (nSPS) is 16.6. The van der Waals surface area contributed by atoms with Gasteiger partial charge in [0.25, 0.3) is 5.91 Å². The number of hydrogen-bond acceptors (Lipinski definition) is 6. The zero-order chi connectivity index (χ0) is 22.7. The number of esters is 1. The Morgan fingerprint density at radius 2 is 1.78 bits per heavy atom. The Morgan fingerprint density at radius 1 is 1.09 bits per heavy atom. The first-order chi connectivity index (χ1) is 15.5. The number of likely N-dealkylation sites (N-methyl/N-ethyl adjacent to an activating group) is 1. The van der Waals surface area contributed by atoms with E-state index in [4.69, 9.17) is 4.74 Å². The van der Waals surface area contributed by atoms with Crippen LogP contribution in [0.1, 0.15) is 54.7 Å². The maximum Gasteiger partial charge on any atom is 0.309 e. The Bertz CT molecular complexity index is 978. The van der Waals surface area contributed by atoms with Crippen molar-refractivity contribution in [2.24, 2.45) is 5.92 Å². The predicted octanol–water partition coefficient (Wildman–Crippen LogP) is 2.02. The second-order valence-electron chi connectivity index (χ2n) is 8.41. The number of carbonyl (C=O) groups excluding carboxylic acids is 3. The van der Waals surface area contributed by atoms with Crippen molar-refractivity contribution in [3.8, 4) is 5.69 Å². The summed E-state index contributed by atoms with van der Waals surface area (Å²) in [4.78, 5) is 41.0. The van der Waals surface area contributed by atoms with Crippen LogP contribution in [-0.4, -0.2) is 75.9 Å². The number of para-hydroxylation sites is 1. The Balaban J connectivity index is 1.40. The third-order valence-electron chi connectivity index (χ3n) is 6.06. The molecule has 32 heavy (non-hydrogen) atoms. The van der Waals surface area contributed by atoms with Crippen LogP contribution in [0.2, 0.25) is 0 Å². The van der Waals surface area contributed by atoms with Crippen LogP contribution in [0.5, 0.6) is 0 Å². The van der Waals surface area contributed by atoms with Gasteiger partial charge in [0, 0.05) is 26.1 Å². The lowest BCUT2D eigenvalue weighted by atomic mass is 9.97. The molecule has 9 nitrogen and oxygen atoms in total. The Kier molecular flexibility index (Phi) is 6.53. The molecule has 2 aliphatic rings. The molecular weight excluding hydrogens is 410 g/mol. The van der Waals surface area contributed by atoms with Gasteiger partial charge in [0.2, 0.25) is 5.91 Å². The first kappa shape index (κ1) is 22.0. The van der Waals surface area contributed by atoms with Crippen LogP contribution < -0.4 is 0 Å². The summed E-state index contributed by atoms with van der Waals surface area (Å²) in [5, 5.41) is 8.43. The summed E-state index contributed by atoms with van der Waals surface area (Å²) in [5.41, 5.74) is 1.99. The third kappa shape index (κ3) is 4.66. The summed E-state index contributed by atoms with van der Waals surface area (Å²) in [6, 6.07) is 9.64. The first-order valence-corrected chi connectivity index (χ1v) is 11.2. The molecule has 2 aromatic rings. The van der Waals surface area contributed by atoms with Crippen LogP contribution in [0.25, 0.3) is 5.69 Å². The van der Waals surface area contributed by atoms with Crippen molar-refractivity contribution in [1.82, 2.24) is 24.8 Å². The maximum atomic E-state index is 13.2. The highest BCUT2D eigenvalue weighted by Crippen LogP contribution is 2.42. The molecule has 0 bridgehead atoms. The zero-order valence-electron chi connectivity index (χ0n) is 18.6. The van der Waals surface area contributed by atoms with Crippen molar-refractivity contribution in [3.63, 3.8) is 0 Å². The maximum absolute atomic E-state index is 13.2. The molecule has 9 heteroatoms. The summed E-state index contributed by atoms with van der Waals surface area (Å²) in [7, 11) is 1.61. The van der Waals surface area contributed by atoms with Crippen LogP contribution in [-0.2, 0) is 14.3 Å². The number of piperidine rings is 1. The van der Waals surface area contributed by atoms with Gasteiger partial charge in [-0.25, -0.2) is 4.68 Å². The summed E-state index contributed by atoms with van der Waals surface area (Å²) < 4.78 is 6.82. The second-order valence-corrected chi connectivity index (χ2v) is 8.41. The smallest absolute Gasteiger partial charge is 0.309 e. The van der Waals surface area contributed by atoms with Gasteiger partial charge in [-0.3, -0.25) is 14.4 Å². The number of amides is 2. The first-order valence-electron chi connectivity index (χ1n) is 11.2. The highest BCUT2D eigenvalue weighted by molar-refractivity contribution is 5.96. The minimum absolute atomic E-state index is 0.0365. The molecule has 1 saturated carbocycles. The van der Waals surface area contributed by atoms with E-state index in [-0.39, 0.29) is 36.2 Å². The standard InChI is InChI=1S/C23H29N5O4/c1-3-32-23(31)17-11-13-27(14-12-17)19(29)15-26(2)22(30)20-21(16-9-10-16)28(25-24-20)18-7-5-4-6-8-18/h4-8,16-17H,3,9-15H2,1-2H3. The number of aromatic nitrogens is 3. The van der Waals surface area contributed by atoms with Crippen LogP contribution >= 0.6 is 0 Å². The van der Waals surface area contributed by atoms with Crippen LogP contribution in [0.3, 0.4) is 0 Å². The van der Waals surface area contributed by atoms with E-state index in [1.807, 2.05) is 30.3 Å². The zero-order valence-corrected chi connectivity index (χ0v) is 18.6. The van der Waals surface area contributed by atoms with E-state index in [0.717, 1.165) is 24.2 Å². The summed E-state index contributed by atoms with van der Waals surface area (Å²) in [6.45, 7) is 3.09. The van der Waals surface area contributed by atoms with Gasteiger partial charge < -0.3 is 14.5 Å². The minimum atomic E-state index is -0.302. The largest absolute Gasteiger partial charge is 0.466 e. The fourth-order valence-corrected chi connectivity index (χ4v) is 4.10. The summed E-state index contributed by atoms with van der Waals surface area (Å²) in [6.07, 6.45) is 3.16. The number of nitrogens with zero attached hydrogens (tertiary/aromatic N) is 5. The van der Waals surface area contributed by atoms with Crippen LogP contribution in [0.15, 0.2) is 30.3 Å². The monoisotopic (exact) mass is 439 g/mol. The van der Waals surface area contributed by atoms with Crippen molar-refractivity contribution in [1.29, 1.82) is 0 Å². The molecule has 1 aromatic heterocycles. The van der Waals surface area contributed by atoms with E-state index in [1.54, 1.807) is 23.6 Å². The van der Waals surface area contributed by atoms with Crippen molar-refractivity contribution in [3.05, 3.63) is 41.7 Å². The van der Waals surface area contributed by atoms with Crippen LogP contribution in [0.4, 0.5) is 0 Å². The van der Waals surface area contributed by atoms with E-state index in [0.29, 0.717) is 38.2 Å². The fraction of sp³-hybridized carbons (Fsp3) is 0.522. The molecule has 0 spiro atoms. The lowest BCUT2D eigenvalue weighted by Crippen LogP contribution is -2.45.